The Bertz CT molecular complexity index is 457. The number of fused-ring (bicyclic) bond motifs is 1. The molecule has 0 aromatic heterocycles. The molecule has 0 spiro atoms. The van der Waals surface area contributed by atoms with E-state index in [1.807, 2.05) is 6.07 Å². The Morgan fingerprint density at radius 2 is 2.15 bits per heavy atom. The average molecular weight is 277 g/mol. The Labute approximate surface area is 120 Å². The zero-order valence-corrected chi connectivity index (χ0v) is 12.2. The van der Waals surface area contributed by atoms with Gasteiger partial charge in [-0.05, 0) is 43.1 Å². The molecular weight excluding hydrogens is 253 g/mol. The zero-order valence-electron chi connectivity index (χ0n) is 12.2. The molecule has 0 amide bonds. The second kappa shape index (κ2) is 6.20. The fourth-order valence-corrected chi connectivity index (χ4v) is 3.41. The first-order valence-corrected chi connectivity index (χ1v) is 7.65. The van der Waals surface area contributed by atoms with Crippen molar-refractivity contribution >= 4 is 0 Å². The van der Waals surface area contributed by atoms with Gasteiger partial charge in [0.25, 0.3) is 0 Å². The van der Waals surface area contributed by atoms with Crippen LogP contribution in [0.2, 0.25) is 0 Å². The van der Waals surface area contributed by atoms with E-state index in [-0.39, 0.29) is 5.82 Å². The molecule has 110 valence electrons. The van der Waals surface area contributed by atoms with E-state index in [0.717, 1.165) is 52.1 Å². The Morgan fingerprint density at radius 1 is 1.35 bits per heavy atom. The molecule has 2 aliphatic rings. The van der Waals surface area contributed by atoms with Crippen LogP contribution in [0.4, 0.5) is 4.39 Å². The van der Waals surface area contributed by atoms with E-state index in [9.17, 15) is 4.39 Å². The molecule has 1 aromatic rings. The monoisotopic (exact) mass is 277 g/mol. The highest BCUT2D eigenvalue weighted by Gasteiger charge is 2.26. The van der Waals surface area contributed by atoms with Crippen LogP contribution >= 0.6 is 0 Å². The van der Waals surface area contributed by atoms with Gasteiger partial charge in [0.05, 0.1) is 0 Å². The lowest BCUT2D eigenvalue weighted by Crippen LogP contribution is -2.46. The van der Waals surface area contributed by atoms with Gasteiger partial charge in [0.2, 0.25) is 0 Å². The summed E-state index contributed by atoms with van der Waals surface area (Å²) in [5.74, 6) is -0.104. The van der Waals surface area contributed by atoms with Crippen molar-refractivity contribution in [3.05, 3.63) is 35.1 Å². The number of hydrogen-bond donors (Lipinski definition) is 1. The van der Waals surface area contributed by atoms with E-state index in [0.29, 0.717) is 6.04 Å². The van der Waals surface area contributed by atoms with Gasteiger partial charge in [-0.15, -0.1) is 0 Å². The van der Waals surface area contributed by atoms with Gasteiger partial charge in [0, 0.05) is 45.3 Å². The van der Waals surface area contributed by atoms with Crippen LogP contribution in [-0.2, 0) is 6.42 Å². The van der Waals surface area contributed by atoms with E-state index in [1.165, 1.54) is 11.1 Å². The third-order valence-corrected chi connectivity index (χ3v) is 4.66. The number of hydrogen-bond acceptors (Lipinski definition) is 3. The van der Waals surface area contributed by atoms with Gasteiger partial charge >= 0.3 is 0 Å². The number of likely N-dealkylation sites (N-methyl/N-ethyl adjacent to an activating group) is 1. The van der Waals surface area contributed by atoms with Crippen molar-refractivity contribution in [1.29, 1.82) is 0 Å². The molecule has 1 aromatic carbocycles. The Balaban J connectivity index is 1.57. The van der Waals surface area contributed by atoms with Crippen molar-refractivity contribution in [1.82, 2.24) is 15.1 Å². The number of halogens is 1. The average Bonchev–Trinajstić information content (AvgIpc) is 2.89. The van der Waals surface area contributed by atoms with Crippen LogP contribution < -0.4 is 5.32 Å². The topological polar surface area (TPSA) is 18.5 Å². The van der Waals surface area contributed by atoms with Gasteiger partial charge in [-0.2, -0.15) is 0 Å². The summed E-state index contributed by atoms with van der Waals surface area (Å²) in [4.78, 5) is 4.96. The first kappa shape index (κ1) is 14.0. The van der Waals surface area contributed by atoms with Crippen molar-refractivity contribution in [2.24, 2.45) is 0 Å². The lowest BCUT2D eigenvalue weighted by atomic mass is 10.1. The minimum absolute atomic E-state index is 0.104. The molecule has 1 heterocycles. The molecule has 1 fully saturated rings. The number of nitrogens with zero attached hydrogens (tertiary/aromatic N) is 2. The third-order valence-electron chi connectivity index (χ3n) is 4.66. The molecule has 1 saturated heterocycles. The Morgan fingerprint density at radius 3 is 2.95 bits per heavy atom. The summed E-state index contributed by atoms with van der Waals surface area (Å²) in [5, 5.41) is 3.38. The number of piperazine rings is 1. The lowest BCUT2D eigenvalue weighted by Gasteiger charge is -2.31. The summed E-state index contributed by atoms with van der Waals surface area (Å²) >= 11 is 0. The molecule has 1 unspecified atom stereocenters. The van der Waals surface area contributed by atoms with Crippen molar-refractivity contribution in [2.75, 3.05) is 46.3 Å². The number of rotatable bonds is 4. The van der Waals surface area contributed by atoms with Gasteiger partial charge in [0.1, 0.15) is 5.82 Å². The van der Waals surface area contributed by atoms with Crippen LogP contribution in [0.3, 0.4) is 0 Å². The molecular formula is C16H24FN3. The molecule has 0 bridgehead atoms. The predicted molar refractivity (Wildman–Crippen MR) is 79.4 cm³/mol. The molecule has 0 saturated carbocycles. The fraction of sp³-hybridized carbons (Fsp3) is 0.625. The summed E-state index contributed by atoms with van der Waals surface area (Å²) in [6.07, 6.45) is 2.13. The lowest BCUT2D eigenvalue weighted by molar-refractivity contribution is 0.176. The molecule has 3 rings (SSSR count). The SMILES string of the molecule is CN(CCN1CCNCC1)C1CCc2cc(F)ccc21. The molecule has 1 aliphatic carbocycles. The van der Waals surface area contributed by atoms with Crippen molar-refractivity contribution in [3.63, 3.8) is 0 Å². The molecule has 3 nitrogen and oxygen atoms in total. The minimum Gasteiger partial charge on any atom is -0.314 e. The van der Waals surface area contributed by atoms with Crippen LogP contribution in [0.1, 0.15) is 23.6 Å². The second-order valence-electron chi connectivity index (χ2n) is 5.97. The molecule has 1 N–H and O–H groups in total. The van der Waals surface area contributed by atoms with Gasteiger partial charge in [-0.25, -0.2) is 4.39 Å². The van der Waals surface area contributed by atoms with Crippen molar-refractivity contribution < 1.29 is 4.39 Å². The smallest absolute Gasteiger partial charge is 0.123 e. The van der Waals surface area contributed by atoms with Gasteiger partial charge in [0.15, 0.2) is 0 Å². The van der Waals surface area contributed by atoms with E-state index in [1.54, 1.807) is 12.1 Å². The van der Waals surface area contributed by atoms with Crippen LogP contribution in [0.5, 0.6) is 0 Å². The zero-order chi connectivity index (χ0) is 13.9. The summed E-state index contributed by atoms with van der Waals surface area (Å²) in [6, 6.07) is 5.75. The maximum absolute atomic E-state index is 13.3. The highest BCUT2D eigenvalue weighted by atomic mass is 19.1. The summed E-state index contributed by atoms with van der Waals surface area (Å²) in [7, 11) is 2.20. The van der Waals surface area contributed by atoms with E-state index in [2.05, 4.69) is 22.2 Å². The normalized spacial score (nSPS) is 23.2. The Kier molecular flexibility index (Phi) is 4.34. The maximum Gasteiger partial charge on any atom is 0.123 e. The second-order valence-corrected chi connectivity index (χ2v) is 5.97. The van der Waals surface area contributed by atoms with Crippen LogP contribution in [-0.4, -0.2) is 56.1 Å². The van der Waals surface area contributed by atoms with E-state index < -0.39 is 0 Å². The first-order chi connectivity index (χ1) is 9.74. The van der Waals surface area contributed by atoms with Crippen LogP contribution in [0, 0.1) is 5.82 Å². The molecule has 1 aliphatic heterocycles. The van der Waals surface area contributed by atoms with Crippen LogP contribution in [0.15, 0.2) is 18.2 Å². The highest BCUT2D eigenvalue weighted by molar-refractivity contribution is 5.35. The summed E-state index contributed by atoms with van der Waals surface area (Å²) in [5.41, 5.74) is 2.53. The Hall–Kier alpha value is -0.970. The minimum atomic E-state index is -0.104. The number of benzene rings is 1. The van der Waals surface area contributed by atoms with Gasteiger partial charge in [-0.1, -0.05) is 6.07 Å². The highest BCUT2D eigenvalue weighted by Crippen LogP contribution is 2.35. The van der Waals surface area contributed by atoms with Gasteiger partial charge < -0.3 is 5.32 Å². The quantitative estimate of drug-likeness (QED) is 0.903. The molecule has 4 heteroatoms. The standard InChI is InChI=1S/C16H24FN3/c1-19(10-11-20-8-6-18-7-9-20)16-5-2-13-12-14(17)3-4-15(13)16/h3-4,12,16,18H,2,5-11H2,1H3. The summed E-state index contributed by atoms with van der Waals surface area (Å²) < 4.78 is 13.3. The van der Waals surface area contributed by atoms with E-state index in [4.69, 9.17) is 0 Å². The molecule has 20 heavy (non-hydrogen) atoms. The molecule has 0 radical (unpaired) electrons. The predicted octanol–water partition coefficient (Wildman–Crippen LogP) is 1.65. The fourth-order valence-electron chi connectivity index (χ4n) is 3.41. The number of aryl methyl sites for hydroxylation is 1. The number of nitrogens with one attached hydrogen (secondary N) is 1. The largest absolute Gasteiger partial charge is 0.314 e. The van der Waals surface area contributed by atoms with Crippen molar-refractivity contribution in [3.8, 4) is 0 Å². The van der Waals surface area contributed by atoms with Crippen LogP contribution in [0.25, 0.3) is 0 Å². The third kappa shape index (κ3) is 3.03. The molecule has 1 atom stereocenters. The first-order valence-electron chi connectivity index (χ1n) is 7.65. The maximum atomic E-state index is 13.3. The van der Waals surface area contributed by atoms with Crippen molar-refractivity contribution in [2.45, 2.75) is 18.9 Å². The summed E-state index contributed by atoms with van der Waals surface area (Å²) in [6.45, 7) is 6.73. The van der Waals surface area contributed by atoms with E-state index >= 15 is 0 Å². The van der Waals surface area contributed by atoms with Gasteiger partial charge in [-0.3, -0.25) is 9.80 Å².